The van der Waals surface area contributed by atoms with E-state index in [2.05, 4.69) is 20.4 Å². The summed E-state index contributed by atoms with van der Waals surface area (Å²) < 4.78 is 44.9. The maximum absolute atomic E-state index is 12.8. The van der Waals surface area contributed by atoms with E-state index < -0.39 is 11.9 Å². The molecule has 1 aliphatic heterocycles. The zero-order chi connectivity index (χ0) is 19.6. The molecule has 1 N–H and O–H groups in total. The molecule has 0 aliphatic carbocycles. The van der Waals surface area contributed by atoms with Gasteiger partial charge in [0.1, 0.15) is 23.4 Å². The molecule has 0 bridgehead atoms. The van der Waals surface area contributed by atoms with E-state index in [4.69, 9.17) is 4.74 Å². The number of carbonyl (C=O) groups is 1. The van der Waals surface area contributed by atoms with Crippen LogP contribution in [0.25, 0.3) is 0 Å². The fourth-order valence-electron chi connectivity index (χ4n) is 2.97. The minimum atomic E-state index is -4.51. The molecule has 3 rings (SSSR count). The molecule has 3 heterocycles. The largest absolute Gasteiger partial charge is 0.479 e. The van der Waals surface area contributed by atoms with Gasteiger partial charge in [-0.1, -0.05) is 0 Å². The number of aryl methyl sites for hydroxylation is 1. The third-order valence-electron chi connectivity index (χ3n) is 4.33. The second-order valence-corrected chi connectivity index (χ2v) is 6.22. The van der Waals surface area contributed by atoms with E-state index >= 15 is 0 Å². The number of ether oxygens (including phenoxy) is 1. The molecule has 1 amide bonds. The molecule has 0 aromatic carbocycles. The Kier molecular flexibility index (Phi) is 5.19. The third kappa shape index (κ3) is 4.29. The summed E-state index contributed by atoms with van der Waals surface area (Å²) in [5.41, 5.74) is -0.625. The molecule has 0 radical (unpaired) electrons. The van der Waals surface area contributed by atoms with Crippen molar-refractivity contribution in [2.45, 2.75) is 25.1 Å². The molecule has 1 saturated heterocycles. The van der Waals surface area contributed by atoms with Crippen LogP contribution in [-0.4, -0.2) is 51.9 Å². The van der Waals surface area contributed by atoms with Crippen molar-refractivity contribution in [2.24, 2.45) is 7.05 Å². The molecule has 11 heteroatoms. The summed E-state index contributed by atoms with van der Waals surface area (Å²) in [6.07, 6.45) is -0.852. The first-order valence-corrected chi connectivity index (χ1v) is 8.30. The van der Waals surface area contributed by atoms with Crippen LogP contribution < -0.4 is 15.0 Å². The van der Waals surface area contributed by atoms with E-state index in [9.17, 15) is 18.0 Å². The minimum absolute atomic E-state index is 0.0948. The van der Waals surface area contributed by atoms with Crippen LogP contribution in [0.1, 0.15) is 28.9 Å². The van der Waals surface area contributed by atoms with E-state index in [1.54, 1.807) is 18.1 Å². The fourth-order valence-corrected chi connectivity index (χ4v) is 2.97. The van der Waals surface area contributed by atoms with Crippen LogP contribution >= 0.6 is 0 Å². The number of aromatic nitrogens is 4. The van der Waals surface area contributed by atoms with Gasteiger partial charge in [0, 0.05) is 38.4 Å². The van der Waals surface area contributed by atoms with E-state index in [0.717, 1.165) is 12.4 Å². The summed E-state index contributed by atoms with van der Waals surface area (Å²) in [5, 5.41) is 6.96. The highest BCUT2D eigenvalue weighted by Gasteiger charge is 2.33. The molecule has 0 saturated carbocycles. The molecule has 146 valence electrons. The number of rotatable bonds is 4. The van der Waals surface area contributed by atoms with Gasteiger partial charge in [-0.05, 0) is 12.8 Å². The van der Waals surface area contributed by atoms with E-state index in [0.29, 0.717) is 31.5 Å². The van der Waals surface area contributed by atoms with E-state index in [1.807, 2.05) is 0 Å². The van der Waals surface area contributed by atoms with Gasteiger partial charge in [0.05, 0.1) is 7.11 Å². The molecule has 0 unspecified atom stereocenters. The lowest BCUT2D eigenvalue weighted by atomic mass is 10.0. The lowest BCUT2D eigenvalue weighted by molar-refractivity contribution is -0.141. The Bertz CT molecular complexity index is 815. The standard InChI is InChI=1S/C16H19F3N6O2/c1-24-8-11(15(23-24)27-2)14(26)22-10-3-5-25(6-4-10)13-7-12(16(17,18)19)20-9-21-13/h7-10H,3-6H2,1-2H3,(H,22,26). The lowest BCUT2D eigenvalue weighted by Gasteiger charge is -2.33. The van der Waals surface area contributed by atoms with E-state index in [-0.39, 0.29) is 23.6 Å². The Hall–Kier alpha value is -2.85. The van der Waals surface area contributed by atoms with Crippen molar-refractivity contribution in [3.05, 3.63) is 29.8 Å². The smallest absolute Gasteiger partial charge is 0.433 e. The molecule has 0 spiro atoms. The van der Waals surface area contributed by atoms with Crippen molar-refractivity contribution in [3.63, 3.8) is 0 Å². The van der Waals surface area contributed by atoms with Gasteiger partial charge in [-0.3, -0.25) is 9.48 Å². The average molecular weight is 384 g/mol. The molecule has 1 aliphatic rings. The van der Waals surface area contributed by atoms with Crippen molar-refractivity contribution in [1.82, 2.24) is 25.1 Å². The van der Waals surface area contributed by atoms with Crippen LogP contribution in [0.3, 0.4) is 0 Å². The van der Waals surface area contributed by atoms with Crippen molar-refractivity contribution in [1.29, 1.82) is 0 Å². The first kappa shape index (κ1) is 18.9. The topological polar surface area (TPSA) is 85.2 Å². The first-order chi connectivity index (χ1) is 12.8. The molecular formula is C16H19F3N6O2. The molecule has 2 aromatic heterocycles. The number of hydrogen-bond acceptors (Lipinski definition) is 6. The Morgan fingerprint density at radius 2 is 2.00 bits per heavy atom. The summed E-state index contributed by atoms with van der Waals surface area (Å²) in [7, 11) is 3.13. The van der Waals surface area contributed by atoms with Gasteiger partial charge in [-0.25, -0.2) is 9.97 Å². The molecule has 2 aromatic rings. The average Bonchev–Trinajstić information content (AvgIpc) is 3.03. The highest BCUT2D eigenvalue weighted by molar-refractivity contribution is 5.96. The van der Waals surface area contributed by atoms with Gasteiger partial charge >= 0.3 is 6.18 Å². The van der Waals surface area contributed by atoms with E-state index in [1.165, 1.54) is 11.8 Å². The third-order valence-corrected chi connectivity index (χ3v) is 4.33. The van der Waals surface area contributed by atoms with Crippen LogP contribution in [-0.2, 0) is 13.2 Å². The van der Waals surface area contributed by atoms with Crippen molar-refractivity contribution < 1.29 is 22.7 Å². The maximum Gasteiger partial charge on any atom is 0.433 e. The van der Waals surface area contributed by atoms with Crippen LogP contribution in [0.2, 0.25) is 0 Å². The van der Waals surface area contributed by atoms with Gasteiger partial charge in [-0.15, -0.1) is 5.10 Å². The lowest BCUT2D eigenvalue weighted by Crippen LogP contribution is -2.45. The number of piperidine rings is 1. The Morgan fingerprint density at radius 1 is 1.30 bits per heavy atom. The number of hydrogen-bond donors (Lipinski definition) is 1. The number of halogens is 3. The number of alkyl halides is 3. The van der Waals surface area contributed by atoms with Gasteiger partial charge in [0.25, 0.3) is 5.91 Å². The quantitative estimate of drug-likeness (QED) is 0.863. The Morgan fingerprint density at radius 3 is 2.63 bits per heavy atom. The van der Waals surface area contributed by atoms with Gasteiger partial charge in [-0.2, -0.15) is 13.2 Å². The molecular weight excluding hydrogens is 365 g/mol. The summed E-state index contributed by atoms with van der Waals surface area (Å²) in [6, 6.07) is 0.849. The first-order valence-electron chi connectivity index (χ1n) is 8.30. The zero-order valence-electron chi connectivity index (χ0n) is 14.8. The predicted octanol–water partition coefficient (Wildman–Crippen LogP) is 1.64. The second-order valence-electron chi connectivity index (χ2n) is 6.22. The predicted molar refractivity (Wildman–Crippen MR) is 89.5 cm³/mol. The van der Waals surface area contributed by atoms with Gasteiger partial charge in [0.2, 0.25) is 5.88 Å². The minimum Gasteiger partial charge on any atom is -0.479 e. The zero-order valence-corrected chi connectivity index (χ0v) is 14.8. The van der Waals surface area contributed by atoms with Crippen LogP contribution in [0.5, 0.6) is 5.88 Å². The maximum atomic E-state index is 12.8. The Balaban J connectivity index is 1.60. The number of nitrogens with zero attached hydrogens (tertiary/aromatic N) is 5. The fraction of sp³-hybridized carbons (Fsp3) is 0.500. The number of amides is 1. The number of nitrogens with one attached hydrogen (secondary N) is 1. The molecule has 27 heavy (non-hydrogen) atoms. The molecule has 8 nitrogen and oxygen atoms in total. The van der Waals surface area contributed by atoms with Crippen LogP contribution in [0.4, 0.5) is 19.0 Å². The van der Waals surface area contributed by atoms with Crippen molar-refractivity contribution in [3.8, 4) is 5.88 Å². The van der Waals surface area contributed by atoms with Gasteiger partial charge < -0.3 is 15.0 Å². The number of methoxy groups -OCH3 is 1. The molecule has 1 fully saturated rings. The number of anilines is 1. The SMILES string of the molecule is COc1nn(C)cc1C(=O)NC1CCN(c2cc(C(F)(F)F)ncn2)CC1. The second kappa shape index (κ2) is 7.41. The summed E-state index contributed by atoms with van der Waals surface area (Å²) in [6.45, 7) is 0.951. The summed E-state index contributed by atoms with van der Waals surface area (Å²) in [5.74, 6) is 0.184. The number of carbonyl (C=O) groups excluding carboxylic acids is 1. The van der Waals surface area contributed by atoms with Crippen LogP contribution in [0, 0.1) is 0 Å². The summed E-state index contributed by atoms with van der Waals surface area (Å²) >= 11 is 0. The van der Waals surface area contributed by atoms with Crippen molar-refractivity contribution in [2.75, 3.05) is 25.1 Å². The molecule has 0 atom stereocenters. The van der Waals surface area contributed by atoms with Crippen molar-refractivity contribution >= 4 is 11.7 Å². The van der Waals surface area contributed by atoms with Crippen LogP contribution in [0.15, 0.2) is 18.6 Å². The summed E-state index contributed by atoms with van der Waals surface area (Å²) in [4.78, 5) is 21.4. The van der Waals surface area contributed by atoms with Gasteiger partial charge in [0.15, 0.2) is 0 Å². The monoisotopic (exact) mass is 384 g/mol. The highest BCUT2D eigenvalue weighted by atomic mass is 19.4. The Labute approximate surface area is 153 Å². The highest BCUT2D eigenvalue weighted by Crippen LogP contribution is 2.29. The normalized spacial score (nSPS) is 15.7.